The van der Waals surface area contributed by atoms with Crippen molar-refractivity contribution in [2.45, 2.75) is 13.2 Å². The smallest absolute Gasteiger partial charge is 0.313 e. The molecule has 126 valence electrons. The molecule has 0 bridgehead atoms. The Hall–Kier alpha value is -3.25. The van der Waals surface area contributed by atoms with Crippen molar-refractivity contribution < 1.29 is 14.7 Å². The van der Waals surface area contributed by atoms with Gasteiger partial charge in [-0.05, 0) is 35.4 Å². The molecule has 1 heterocycles. The predicted octanol–water partition coefficient (Wildman–Crippen LogP) is 1.98. The number of anilines is 1. The summed E-state index contributed by atoms with van der Waals surface area (Å²) in [6.45, 7) is 0.0430. The lowest BCUT2D eigenvalue weighted by molar-refractivity contribution is -0.136. The zero-order valence-corrected chi connectivity index (χ0v) is 13.4. The number of nitrogens with zero attached hydrogens (tertiary/aromatic N) is 1. The van der Waals surface area contributed by atoms with E-state index in [1.807, 2.05) is 18.2 Å². The number of aliphatic hydroxyl groups is 1. The van der Waals surface area contributed by atoms with E-state index in [-0.39, 0.29) is 13.2 Å². The molecule has 0 saturated carbocycles. The van der Waals surface area contributed by atoms with E-state index < -0.39 is 11.8 Å². The Bertz CT molecular complexity index is 919. The molecule has 0 aliphatic carbocycles. The number of carbonyl (C=O) groups excluding carboxylic acids is 2. The first-order valence-electron chi connectivity index (χ1n) is 7.79. The molecule has 0 fully saturated rings. The Morgan fingerprint density at radius 3 is 2.52 bits per heavy atom. The lowest BCUT2D eigenvalue weighted by atomic mass is 10.1. The van der Waals surface area contributed by atoms with Crippen LogP contribution in [0.15, 0.2) is 60.8 Å². The maximum Gasteiger partial charge on any atom is 0.313 e. The van der Waals surface area contributed by atoms with E-state index in [9.17, 15) is 14.7 Å². The molecule has 0 saturated heterocycles. The van der Waals surface area contributed by atoms with Crippen molar-refractivity contribution in [2.24, 2.45) is 0 Å². The zero-order chi connectivity index (χ0) is 17.6. The van der Waals surface area contributed by atoms with E-state index in [4.69, 9.17) is 0 Å². The summed E-state index contributed by atoms with van der Waals surface area (Å²) in [5.74, 6) is -1.49. The van der Waals surface area contributed by atoms with Crippen molar-refractivity contribution in [1.29, 1.82) is 0 Å². The quantitative estimate of drug-likeness (QED) is 0.636. The van der Waals surface area contributed by atoms with Gasteiger partial charge in [0.15, 0.2) is 0 Å². The molecule has 0 radical (unpaired) electrons. The average molecular weight is 335 g/mol. The first kappa shape index (κ1) is 16.6. The van der Waals surface area contributed by atoms with Crippen molar-refractivity contribution >= 4 is 28.4 Å². The van der Waals surface area contributed by atoms with Crippen molar-refractivity contribution in [2.75, 3.05) is 5.32 Å². The standard InChI is InChI=1S/C19H17N3O3/c23-12-14-6-2-1-5-13(14)11-21-18(24)19(25)22-17-9-3-8-16-15(17)7-4-10-20-16/h1-10,23H,11-12H2,(H,21,24)(H,22,25). The van der Waals surface area contributed by atoms with E-state index in [0.29, 0.717) is 11.3 Å². The van der Waals surface area contributed by atoms with Crippen LogP contribution in [0.5, 0.6) is 0 Å². The molecule has 0 atom stereocenters. The van der Waals surface area contributed by atoms with Crippen LogP contribution in [-0.2, 0) is 22.7 Å². The summed E-state index contributed by atoms with van der Waals surface area (Å²) >= 11 is 0. The van der Waals surface area contributed by atoms with Gasteiger partial charge < -0.3 is 15.7 Å². The minimum atomic E-state index is -0.752. The number of fused-ring (bicyclic) bond motifs is 1. The number of nitrogens with one attached hydrogen (secondary N) is 2. The van der Waals surface area contributed by atoms with E-state index in [1.54, 1.807) is 42.6 Å². The SMILES string of the molecule is O=C(NCc1ccccc1CO)C(=O)Nc1cccc2ncccc12. The third-order valence-corrected chi connectivity index (χ3v) is 3.83. The highest BCUT2D eigenvalue weighted by Gasteiger charge is 2.15. The maximum atomic E-state index is 12.1. The molecule has 25 heavy (non-hydrogen) atoms. The Labute approximate surface area is 144 Å². The lowest BCUT2D eigenvalue weighted by Gasteiger charge is -2.10. The fourth-order valence-corrected chi connectivity index (χ4v) is 2.53. The van der Waals surface area contributed by atoms with Gasteiger partial charge in [-0.25, -0.2) is 0 Å². The fourth-order valence-electron chi connectivity index (χ4n) is 2.53. The monoisotopic (exact) mass is 335 g/mol. The molecule has 6 nitrogen and oxygen atoms in total. The Morgan fingerprint density at radius 2 is 1.72 bits per heavy atom. The van der Waals surface area contributed by atoms with Crippen LogP contribution in [0.1, 0.15) is 11.1 Å². The van der Waals surface area contributed by atoms with Gasteiger partial charge in [0.25, 0.3) is 0 Å². The minimum absolute atomic E-state index is 0.124. The highest BCUT2D eigenvalue weighted by molar-refractivity contribution is 6.40. The molecule has 0 unspecified atom stereocenters. The predicted molar refractivity (Wildman–Crippen MR) is 94.6 cm³/mol. The van der Waals surface area contributed by atoms with Gasteiger partial charge in [0.2, 0.25) is 0 Å². The van der Waals surface area contributed by atoms with Crippen LogP contribution in [0.25, 0.3) is 10.9 Å². The highest BCUT2D eigenvalue weighted by Crippen LogP contribution is 2.21. The Morgan fingerprint density at radius 1 is 0.920 bits per heavy atom. The number of benzene rings is 2. The summed E-state index contributed by atoms with van der Waals surface area (Å²) < 4.78 is 0. The van der Waals surface area contributed by atoms with Crippen molar-refractivity contribution in [3.8, 4) is 0 Å². The van der Waals surface area contributed by atoms with Gasteiger partial charge >= 0.3 is 11.8 Å². The first-order chi connectivity index (χ1) is 12.2. The third kappa shape index (κ3) is 3.81. The van der Waals surface area contributed by atoms with Gasteiger partial charge in [-0.3, -0.25) is 14.6 Å². The van der Waals surface area contributed by atoms with Gasteiger partial charge in [0.05, 0.1) is 17.8 Å². The fraction of sp³-hybridized carbons (Fsp3) is 0.105. The van der Waals surface area contributed by atoms with E-state index in [2.05, 4.69) is 15.6 Å². The molecule has 0 aliphatic heterocycles. The summed E-state index contributed by atoms with van der Waals surface area (Å²) in [5, 5.41) is 15.2. The second-order valence-electron chi connectivity index (χ2n) is 5.44. The van der Waals surface area contributed by atoms with E-state index >= 15 is 0 Å². The number of carbonyl (C=O) groups is 2. The van der Waals surface area contributed by atoms with E-state index in [0.717, 1.165) is 16.5 Å². The summed E-state index contributed by atoms with van der Waals surface area (Å²) in [7, 11) is 0. The van der Waals surface area contributed by atoms with Crippen molar-refractivity contribution in [3.05, 3.63) is 71.9 Å². The van der Waals surface area contributed by atoms with Crippen LogP contribution < -0.4 is 10.6 Å². The first-order valence-corrected chi connectivity index (χ1v) is 7.79. The van der Waals surface area contributed by atoms with Gasteiger partial charge in [0.1, 0.15) is 0 Å². The topological polar surface area (TPSA) is 91.3 Å². The van der Waals surface area contributed by atoms with Gasteiger partial charge in [-0.2, -0.15) is 0 Å². The van der Waals surface area contributed by atoms with Crippen LogP contribution in [0.4, 0.5) is 5.69 Å². The molecule has 3 N–H and O–H groups in total. The molecule has 2 aromatic carbocycles. The Kier molecular flexibility index (Phi) is 5.01. The highest BCUT2D eigenvalue weighted by atomic mass is 16.3. The molecule has 1 aromatic heterocycles. The summed E-state index contributed by atoms with van der Waals surface area (Å²) in [6, 6.07) is 16.1. The third-order valence-electron chi connectivity index (χ3n) is 3.83. The second kappa shape index (κ2) is 7.55. The summed E-state index contributed by atoms with van der Waals surface area (Å²) in [6.07, 6.45) is 1.67. The number of amides is 2. The van der Waals surface area contributed by atoms with Crippen LogP contribution >= 0.6 is 0 Å². The van der Waals surface area contributed by atoms with Crippen LogP contribution in [0, 0.1) is 0 Å². The van der Waals surface area contributed by atoms with Crippen LogP contribution in [-0.4, -0.2) is 21.9 Å². The van der Waals surface area contributed by atoms with Gasteiger partial charge in [-0.1, -0.05) is 30.3 Å². The molecule has 3 rings (SSSR count). The Balaban J connectivity index is 1.67. The largest absolute Gasteiger partial charge is 0.392 e. The molecule has 0 spiro atoms. The van der Waals surface area contributed by atoms with Gasteiger partial charge in [-0.15, -0.1) is 0 Å². The number of hydrogen-bond donors (Lipinski definition) is 3. The minimum Gasteiger partial charge on any atom is -0.392 e. The average Bonchev–Trinajstić information content (AvgIpc) is 2.66. The molecule has 3 aromatic rings. The summed E-state index contributed by atoms with van der Waals surface area (Å²) in [5.41, 5.74) is 2.74. The second-order valence-corrected chi connectivity index (χ2v) is 5.44. The maximum absolute atomic E-state index is 12.1. The van der Waals surface area contributed by atoms with Gasteiger partial charge in [0, 0.05) is 18.1 Å². The number of rotatable bonds is 4. The number of hydrogen-bond acceptors (Lipinski definition) is 4. The summed E-state index contributed by atoms with van der Waals surface area (Å²) in [4.78, 5) is 28.4. The molecule has 0 aliphatic rings. The molecular weight excluding hydrogens is 318 g/mol. The van der Waals surface area contributed by atoms with Crippen LogP contribution in [0.3, 0.4) is 0 Å². The molecule has 2 amide bonds. The van der Waals surface area contributed by atoms with Crippen molar-refractivity contribution in [1.82, 2.24) is 10.3 Å². The normalized spacial score (nSPS) is 10.4. The van der Waals surface area contributed by atoms with Crippen LogP contribution in [0.2, 0.25) is 0 Å². The van der Waals surface area contributed by atoms with E-state index in [1.165, 1.54) is 0 Å². The van der Waals surface area contributed by atoms with Crippen molar-refractivity contribution in [3.63, 3.8) is 0 Å². The molecule has 6 heteroatoms. The number of pyridine rings is 1. The zero-order valence-electron chi connectivity index (χ0n) is 13.4. The number of aliphatic hydroxyl groups excluding tert-OH is 1. The lowest BCUT2D eigenvalue weighted by Crippen LogP contribution is -2.35. The molecular formula is C19H17N3O3. The number of aromatic nitrogens is 1.